The second-order valence-electron chi connectivity index (χ2n) is 2.66. The molecule has 0 fully saturated rings. The first-order chi connectivity index (χ1) is 6.34. The molecule has 4 nitrogen and oxygen atoms in total. The Bertz CT molecular complexity index is 368. The Morgan fingerprint density at radius 2 is 2.46 bits per heavy atom. The van der Waals surface area contributed by atoms with Gasteiger partial charge in [-0.05, 0) is 19.1 Å². The summed E-state index contributed by atoms with van der Waals surface area (Å²) < 4.78 is 13.3. The van der Waals surface area contributed by atoms with Gasteiger partial charge in [-0.3, -0.25) is 0 Å². The lowest BCUT2D eigenvalue weighted by atomic mass is 10.4. The molecule has 0 saturated heterocycles. The summed E-state index contributed by atoms with van der Waals surface area (Å²) >= 11 is 1.19. The summed E-state index contributed by atoms with van der Waals surface area (Å²) in [5.41, 5.74) is 0. The number of hydrogen-bond acceptors (Lipinski definition) is 5. The summed E-state index contributed by atoms with van der Waals surface area (Å²) in [4.78, 5) is 0. The highest BCUT2D eigenvalue weighted by molar-refractivity contribution is 6.99. The molecule has 0 aliphatic rings. The van der Waals surface area contributed by atoms with Gasteiger partial charge in [-0.1, -0.05) is 0 Å². The van der Waals surface area contributed by atoms with E-state index < -0.39 is 0 Å². The number of aromatic nitrogens is 2. The van der Waals surface area contributed by atoms with E-state index in [1.54, 1.807) is 6.20 Å². The first kappa shape index (κ1) is 8.25. The van der Waals surface area contributed by atoms with Gasteiger partial charge in [0, 0.05) is 0 Å². The molecule has 0 aliphatic heterocycles. The zero-order valence-electron chi connectivity index (χ0n) is 7.15. The van der Waals surface area contributed by atoms with Crippen molar-refractivity contribution in [1.29, 1.82) is 0 Å². The first-order valence-electron chi connectivity index (χ1n) is 3.91. The molecule has 0 aliphatic carbocycles. The summed E-state index contributed by atoms with van der Waals surface area (Å²) in [6.45, 7) is 2.58. The van der Waals surface area contributed by atoms with Crippen molar-refractivity contribution in [2.75, 3.05) is 5.32 Å². The maximum absolute atomic E-state index is 5.37. The van der Waals surface area contributed by atoms with Crippen molar-refractivity contribution in [2.24, 2.45) is 0 Å². The lowest BCUT2D eigenvalue weighted by Gasteiger charge is -1.97. The Morgan fingerprint density at radius 1 is 1.54 bits per heavy atom. The standard InChI is InChI=1S/C8H9N3OS/c1-6-2-3-7(12-6)4-9-8-5-10-13-11-8/h2-3,5H,4H2,1H3,(H,9,11). The quantitative estimate of drug-likeness (QED) is 0.814. The third kappa shape index (κ3) is 2.06. The largest absolute Gasteiger partial charge is 0.465 e. The van der Waals surface area contributed by atoms with Gasteiger partial charge in [0.15, 0.2) is 5.82 Å². The minimum atomic E-state index is 0.652. The molecule has 1 N–H and O–H groups in total. The number of hydrogen-bond donors (Lipinski definition) is 1. The van der Waals surface area contributed by atoms with Crippen LogP contribution < -0.4 is 5.32 Å². The Balaban J connectivity index is 1.93. The highest BCUT2D eigenvalue weighted by atomic mass is 32.1. The molecule has 0 radical (unpaired) electrons. The highest BCUT2D eigenvalue weighted by Crippen LogP contribution is 2.09. The molecule has 0 atom stereocenters. The van der Waals surface area contributed by atoms with E-state index >= 15 is 0 Å². The molecule has 68 valence electrons. The van der Waals surface area contributed by atoms with Crippen LogP contribution in [0.3, 0.4) is 0 Å². The zero-order chi connectivity index (χ0) is 9.10. The van der Waals surface area contributed by atoms with Crippen LogP contribution in [0, 0.1) is 6.92 Å². The van der Waals surface area contributed by atoms with Crippen molar-refractivity contribution >= 4 is 17.5 Å². The lowest BCUT2D eigenvalue weighted by molar-refractivity contribution is 0.490. The predicted octanol–water partition coefficient (Wildman–Crippen LogP) is 2.05. The van der Waals surface area contributed by atoms with E-state index in [1.165, 1.54) is 11.7 Å². The van der Waals surface area contributed by atoms with Gasteiger partial charge in [0.05, 0.1) is 24.5 Å². The summed E-state index contributed by atoms with van der Waals surface area (Å²) in [5.74, 6) is 2.62. The third-order valence-corrected chi connectivity index (χ3v) is 2.08. The van der Waals surface area contributed by atoms with Crippen LogP contribution in [0.2, 0.25) is 0 Å². The molecule has 13 heavy (non-hydrogen) atoms. The van der Waals surface area contributed by atoms with Gasteiger partial charge < -0.3 is 9.73 Å². The minimum absolute atomic E-state index is 0.652. The summed E-state index contributed by atoms with van der Waals surface area (Å²) in [6.07, 6.45) is 1.69. The Hall–Kier alpha value is -1.36. The molecular weight excluding hydrogens is 186 g/mol. The van der Waals surface area contributed by atoms with E-state index in [1.807, 2.05) is 19.1 Å². The molecule has 5 heteroatoms. The average Bonchev–Trinajstić information content (AvgIpc) is 2.71. The molecule has 2 aromatic heterocycles. The molecule has 0 aromatic carbocycles. The number of furan rings is 1. The van der Waals surface area contributed by atoms with Crippen molar-refractivity contribution in [3.63, 3.8) is 0 Å². The second kappa shape index (κ2) is 3.57. The number of nitrogens with zero attached hydrogens (tertiary/aromatic N) is 2. The van der Waals surface area contributed by atoms with E-state index in [0.29, 0.717) is 6.54 Å². The van der Waals surface area contributed by atoms with Crippen LogP contribution in [-0.2, 0) is 6.54 Å². The maximum Gasteiger partial charge on any atom is 0.160 e. The van der Waals surface area contributed by atoms with Gasteiger partial charge in [-0.2, -0.15) is 8.75 Å². The fourth-order valence-corrected chi connectivity index (χ4v) is 1.39. The van der Waals surface area contributed by atoms with Gasteiger partial charge in [0.25, 0.3) is 0 Å². The Morgan fingerprint density at radius 3 is 3.08 bits per heavy atom. The molecular formula is C8H9N3OS. The minimum Gasteiger partial charge on any atom is -0.465 e. The van der Waals surface area contributed by atoms with Gasteiger partial charge in [0.2, 0.25) is 0 Å². The molecule has 0 amide bonds. The Labute approximate surface area is 79.9 Å². The Kier molecular flexibility index (Phi) is 2.27. The van der Waals surface area contributed by atoms with Crippen molar-refractivity contribution < 1.29 is 4.42 Å². The molecule has 0 bridgehead atoms. The summed E-state index contributed by atoms with van der Waals surface area (Å²) in [5, 5.41) is 3.10. The van der Waals surface area contributed by atoms with E-state index in [4.69, 9.17) is 4.42 Å². The van der Waals surface area contributed by atoms with Crippen LogP contribution in [0.1, 0.15) is 11.5 Å². The molecule has 0 unspecified atom stereocenters. The average molecular weight is 195 g/mol. The summed E-state index contributed by atoms with van der Waals surface area (Å²) in [7, 11) is 0. The van der Waals surface area contributed by atoms with Crippen LogP contribution in [0.25, 0.3) is 0 Å². The van der Waals surface area contributed by atoms with Crippen molar-refractivity contribution in [3.8, 4) is 0 Å². The maximum atomic E-state index is 5.37. The topological polar surface area (TPSA) is 51.0 Å². The zero-order valence-corrected chi connectivity index (χ0v) is 7.97. The third-order valence-electron chi connectivity index (χ3n) is 1.60. The fraction of sp³-hybridized carbons (Fsp3) is 0.250. The van der Waals surface area contributed by atoms with E-state index in [2.05, 4.69) is 14.1 Å². The van der Waals surface area contributed by atoms with E-state index in [9.17, 15) is 0 Å². The fourth-order valence-electron chi connectivity index (χ4n) is 1.00. The van der Waals surface area contributed by atoms with E-state index in [-0.39, 0.29) is 0 Å². The highest BCUT2D eigenvalue weighted by Gasteiger charge is 1.99. The molecule has 0 saturated carbocycles. The monoisotopic (exact) mass is 195 g/mol. The van der Waals surface area contributed by atoms with Crippen molar-refractivity contribution in [1.82, 2.24) is 8.75 Å². The predicted molar refractivity (Wildman–Crippen MR) is 50.7 cm³/mol. The van der Waals surface area contributed by atoms with Crippen LogP contribution in [0.4, 0.5) is 5.82 Å². The second-order valence-corrected chi connectivity index (χ2v) is 3.22. The lowest BCUT2D eigenvalue weighted by Crippen LogP contribution is -1.97. The van der Waals surface area contributed by atoms with Gasteiger partial charge in [-0.25, -0.2) is 0 Å². The number of anilines is 1. The van der Waals surface area contributed by atoms with Crippen LogP contribution in [0.5, 0.6) is 0 Å². The van der Waals surface area contributed by atoms with Gasteiger partial charge >= 0.3 is 0 Å². The number of rotatable bonds is 3. The van der Waals surface area contributed by atoms with Crippen LogP contribution in [-0.4, -0.2) is 8.75 Å². The molecule has 2 aromatic rings. The summed E-state index contributed by atoms with van der Waals surface area (Å²) in [6, 6.07) is 3.89. The van der Waals surface area contributed by atoms with Crippen molar-refractivity contribution in [3.05, 3.63) is 29.9 Å². The van der Waals surface area contributed by atoms with Crippen molar-refractivity contribution in [2.45, 2.75) is 13.5 Å². The van der Waals surface area contributed by atoms with Gasteiger partial charge in [-0.15, -0.1) is 0 Å². The number of nitrogens with one attached hydrogen (secondary N) is 1. The van der Waals surface area contributed by atoms with Crippen LogP contribution in [0.15, 0.2) is 22.7 Å². The molecule has 2 rings (SSSR count). The van der Waals surface area contributed by atoms with Crippen LogP contribution >= 0.6 is 11.7 Å². The first-order valence-corrected chi connectivity index (χ1v) is 4.64. The molecule has 2 heterocycles. The SMILES string of the molecule is Cc1ccc(CNc2cnsn2)o1. The van der Waals surface area contributed by atoms with Gasteiger partial charge in [0.1, 0.15) is 11.5 Å². The molecule has 0 spiro atoms. The van der Waals surface area contributed by atoms with E-state index in [0.717, 1.165) is 17.3 Å². The smallest absolute Gasteiger partial charge is 0.160 e. The number of aryl methyl sites for hydroxylation is 1. The normalized spacial score (nSPS) is 10.2.